The van der Waals surface area contributed by atoms with Gasteiger partial charge in [-0.05, 0) is 25.1 Å². The third-order valence-electron chi connectivity index (χ3n) is 4.61. The molecule has 1 aliphatic rings. The minimum absolute atomic E-state index is 0.0176. The van der Waals surface area contributed by atoms with Crippen LogP contribution in [0.3, 0.4) is 0 Å². The number of hydrogen-bond acceptors (Lipinski definition) is 5. The molecule has 0 saturated heterocycles. The Bertz CT molecular complexity index is 749. The highest BCUT2D eigenvalue weighted by molar-refractivity contribution is 5.50. The zero-order valence-corrected chi connectivity index (χ0v) is 15.7. The van der Waals surface area contributed by atoms with Crippen LogP contribution in [0.5, 0.6) is 28.7 Å². The van der Waals surface area contributed by atoms with Crippen LogP contribution in [0, 0.1) is 0 Å². The number of quaternary nitrogens is 1. The van der Waals surface area contributed by atoms with Gasteiger partial charge in [-0.2, -0.15) is 0 Å². The van der Waals surface area contributed by atoms with Crippen LogP contribution in [-0.4, -0.2) is 40.1 Å². The summed E-state index contributed by atoms with van der Waals surface area (Å²) in [6.45, 7) is 3.40. The number of rotatable bonds is 7. The van der Waals surface area contributed by atoms with Crippen molar-refractivity contribution in [1.29, 1.82) is 0 Å². The molecule has 6 heteroatoms. The van der Waals surface area contributed by atoms with E-state index in [1.165, 1.54) is 0 Å². The van der Waals surface area contributed by atoms with Crippen LogP contribution in [0.15, 0.2) is 36.4 Å². The molecule has 1 aliphatic heterocycles. The highest BCUT2D eigenvalue weighted by atomic mass is 16.6. The Balaban J connectivity index is 1.67. The lowest BCUT2D eigenvalue weighted by Gasteiger charge is -2.29. The highest BCUT2D eigenvalue weighted by Gasteiger charge is 2.28. The molecule has 0 spiro atoms. The Kier molecular flexibility index (Phi) is 5.73. The van der Waals surface area contributed by atoms with Crippen molar-refractivity contribution in [2.45, 2.75) is 25.6 Å². The molecular weight excluding hydrogens is 334 g/mol. The maximum Gasteiger partial charge on any atom is 0.184 e. The summed E-state index contributed by atoms with van der Waals surface area (Å²) < 4.78 is 28.1. The van der Waals surface area contributed by atoms with Gasteiger partial charge in [-0.3, -0.25) is 0 Å². The SMILES string of the molecule is COc1cc(OC)c(OC)cc1C[NH2+][C@@H](C)[C@@H]1COc2ccccc2O1. The summed E-state index contributed by atoms with van der Waals surface area (Å²) in [7, 11) is 4.90. The molecule has 0 saturated carbocycles. The molecule has 1 heterocycles. The lowest BCUT2D eigenvalue weighted by Crippen LogP contribution is -2.91. The van der Waals surface area contributed by atoms with E-state index in [-0.39, 0.29) is 12.1 Å². The molecule has 0 amide bonds. The van der Waals surface area contributed by atoms with E-state index in [1.54, 1.807) is 21.3 Å². The van der Waals surface area contributed by atoms with E-state index >= 15 is 0 Å². The molecule has 3 rings (SSSR count). The summed E-state index contributed by atoms with van der Waals surface area (Å²) in [6.07, 6.45) is -0.0176. The topological polar surface area (TPSA) is 62.8 Å². The van der Waals surface area contributed by atoms with Crippen molar-refractivity contribution in [1.82, 2.24) is 0 Å². The maximum atomic E-state index is 6.09. The van der Waals surface area contributed by atoms with Crippen molar-refractivity contribution in [2.75, 3.05) is 27.9 Å². The van der Waals surface area contributed by atoms with Crippen molar-refractivity contribution in [3.63, 3.8) is 0 Å². The summed E-state index contributed by atoms with van der Waals surface area (Å²) in [6, 6.07) is 11.8. The number of ether oxygens (including phenoxy) is 5. The standard InChI is InChI=1S/C20H25NO5/c1-13(20-12-25-15-7-5-6-8-16(15)26-20)21-11-14-9-18(23-3)19(24-4)10-17(14)22-2/h5-10,13,20-21H,11-12H2,1-4H3/p+1/t13-,20-/m0/s1. The lowest BCUT2D eigenvalue weighted by molar-refractivity contribution is -0.707. The van der Waals surface area contributed by atoms with Crippen molar-refractivity contribution in [2.24, 2.45) is 0 Å². The molecule has 0 bridgehead atoms. The molecule has 26 heavy (non-hydrogen) atoms. The Hall–Kier alpha value is -2.60. The fraction of sp³-hybridized carbons (Fsp3) is 0.400. The Labute approximate surface area is 154 Å². The van der Waals surface area contributed by atoms with Gasteiger partial charge in [0, 0.05) is 6.07 Å². The van der Waals surface area contributed by atoms with Crippen molar-refractivity contribution in [3.05, 3.63) is 42.0 Å². The van der Waals surface area contributed by atoms with Crippen molar-refractivity contribution < 1.29 is 29.0 Å². The molecule has 2 aromatic rings. The Morgan fingerprint density at radius 1 is 1.00 bits per heavy atom. The van der Waals surface area contributed by atoms with E-state index in [0.717, 1.165) is 29.4 Å². The summed E-state index contributed by atoms with van der Waals surface area (Å²) in [5.74, 6) is 3.72. The van der Waals surface area contributed by atoms with Gasteiger partial charge in [0.2, 0.25) is 0 Å². The number of nitrogens with two attached hydrogens (primary N) is 1. The number of benzene rings is 2. The Morgan fingerprint density at radius 2 is 1.65 bits per heavy atom. The second kappa shape index (κ2) is 8.19. The maximum absolute atomic E-state index is 6.09. The first-order valence-electron chi connectivity index (χ1n) is 8.67. The van der Waals surface area contributed by atoms with E-state index in [4.69, 9.17) is 23.7 Å². The number of hydrogen-bond donors (Lipinski definition) is 1. The summed E-state index contributed by atoms with van der Waals surface area (Å²) in [5.41, 5.74) is 1.04. The minimum Gasteiger partial charge on any atom is -0.496 e. The van der Waals surface area contributed by atoms with Crippen LogP contribution in [-0.2, 0) is 6.54 Å². The number of fused-ring (bicyclic) bond motifs is 1. The van der Waals surface area contributed by atoms with Crippen LogP contribution in [0.4, 0.5) is 0 Å². The molecule has 0 fully saturated rings. The van der Waals surface area contributed by atoms with Crippen molar-refractivity contribution in [3.8, 4) is 28.7 Å². The third-order valence-corrected chi connectivity index (χ3v) is 4.61. The van der Waals surface area contributed by atoms with Crippen LogP contribution in [0.1, 0.15) is 12.5 Å². The third kappa shape index (κ3) is 3.80. The molecule has 2 N–H and O–H groups in total. The number of methoxy groups -OCH3 is 3. The van der Waals surface area contributed by atoms with E-state index in [2.05, 4.69) is 12.2 Å². The minimum atomic E-state index is -0.0176. The van der Waals surface area contributed by atoms with Gasteiger partial charge < -0.3 is 29.0 Å². The predicted octanol–water partition coefficient (Wildman–Crippen LogP) is 2.00. The smallest absolute Gasteiger partial charge is 0.184 e. The fourth-order valence-corrected chi connectivity index (χ4v) is 3.01. The zero-order chi connectivity index (χ0) is 18.5. The second-order valence-corrected chi connectivity index (χ2v) is 6.23. The van der Waals surface area contributed by atoms with Gasteiger partial charge in [-0.1, -0.05) is 12.1 Å². The predicted molar refractivity (Wildman–Crippen MR) is 97.5 cm³/mol. The molecule has 0 aromatic heterocycles. The average Bonchev–Trinajstić information content (AvgIpc) is 2.70. The molecule has 0 radical (unpaired) electrons. The Morgan fingerprint density at radius 3 is 2.35 bits per heavy atom. The quantitative estimate of drug-likeness (QED) is 0.818. The van der Waals surface area contributed by atoms with Gasteiger partial charge in [0.15, 0.2) is 29.1 Å². The van der Waals surface area contributed by atoms with Crippen molar-refractivity contribution >= 4 is 0 Å². The highest BCUT2D eigenvalue weighted by Crippen LogP contribution is 2.34. The first-order valence-corrected chi connectivity index (χ1v) is 8.67. The fourth-order valence-electron chi connectivity index (χ4n) is 3.01. The summed E-state index contributed by atoms with van der Waals surface area (Å²) in [5, 5.41) is 2.21. The normalized spacial score (nSPS) is 16.7. The first-order chi connectivity index (χ1) is 12.7. The van der Waals surface area contributed by atoms with Crippen LogP contribution in [0.2, 0.25) is 0 Å². The number of para-hydroxylation sites is 2. The van der Waals surface area contributed by atoms with Gasteiger partial charge >= 0.3 is 0 Å². The molecule has 2 aromatic carbocycles. The van der Waals surface area contributed by atoms with Crippen LogP contribution in [0.25, 0.3) is 0 Å². The van der Waals surface area contributed by atoms with Gasteiger partial charge in [0.25, 0.3) is 0 Å². The molecule has 6 nitrogen and oxygen atoms in total. The van der Waals surface area contributed by atoms with Crippen LogP contribution >= 0.6 is 0 Å². The molecule has 140 valence electrons. The van der Waals surface area contributed by atoms with E-state index in [9.17, 15) is 0 Å². The monoisotopic (exact) mass is 360 g/mol. The molecular formula is C20H26NO5+. The molecule has 2 atom stereocenters. The van der Waals surface area contributed by atoms with E-state index in [0.29, 0.717) is 18.1 Å². The average molecular weight is 360 g/mol. The largest absolute Gasteiger partial charge is 0.496 e. The van der Waals surface area contributed by atoms with Crippen LogP contribution < -0.4 is 29.0 Å². The lowest BCUT2D eigenvalue weighted by atomic mass is 10.1. The zero-order valence-electron chi connectivity index (χ0n) is 15.7. The van der Waals surface area contributed by atoms with Gasteiger partial charge in [0.1, 0.15) is 24.9 Å². The molecule has 0 unspecified atom stereocenters. The van der Waals surface area contributed by atoms with E-state index < -0.39 is 0 Å². The first kappa shape index (κ1) is 18.2. The van der Waals surface area contributed by atoms with Gasteiger partial charge in [-0.25, -0.2) is 0 Å². The molecule has 0 aliphatic carbocycles. The summed E-state index contributed by atoms with van der Waals surface area (Å²) >= 11 is 0. The van der Waals surface area contributed by atoms with E-state index in [1.807, 2.05) is 36.4 Å². The summed E-state index contributed by atoms with van der Waals surface area (Å²) in [4.78, 5) is 0. The van der Waals surface area contributed by atoms with Gasteiger partial charge in [0.05, 0.1) is 26.9 Å². The van der Waals surface area contributed by atoms with Gasteiger partial charge in [-0.15, -0.1) is 0 Å². The second-order valence-electron chi connectivity index (χ2n) is 6.23.